The van der Waals surface area contributed by atoms with Gasteiger partial charge in [-0.2, -0.15) is 0 Å². The fourth-order valence-corrected chi connectivity index (χ4v) is 1.27. The normalized spacial score (nSPS) is 10.3. The van der Waals surface area contributed by atoms with Gasteiger partial charge in [-0.1, -0.05) is 12.1 Å². The zero-order chi connectivity index (χ0) is 9.26. The Labute approximate surface area is 78.0 Å². The van der Waals surface area contributed by atoms with Crippen molar-refractivity contribution in [3.05, 3.63) is 54.6 Å². The van der Waals surface area contributed by atoms with Crippen LogP contribution in [-0.2, 0) is 0 Å². The van der Waals surface area contributed by atoms with Crippen LogP contribution in [-0.4, -0.2) is 0 Å². The molecule has 1 nitrogen and oxygen atoms in total. The second kappa shape index (κ2) is 3.09. The Bertz CT molecular complexity index is 399. The molecule has 1 heterocycles. The smallest absolute Gasteiger partial charge is 0.133 e. The van der Waals surface area contributed by atoms with Gasteiger partial charge in [0, 0.05) is 5.56 Å². The highest BCUT2D eigenvalue weighted by Crippen LogP contribution is 2.21. The summed E-state index contributed by atoms with van der Waals surface area (Å²) >= 11 is 0. The first-order valence-corrected chi connectivity index (χ1v) is 4.24. The third-order valence-corrected chi connectivity index (χ3v) is 2.15. The molecular weight excluding hydrogens is 160 g/mol. The zero-order valence-electron chi connectivity index (χ0n) is 7.58. The first kappa shape index (κ1) is 8.11. The Morgan fingerprint density at radius 3 is 2.69 bits per heavy atom. The quantitative estimate of drug-likeness (QED) is 0.640. The highest BCUT2D eigenvalue weighted by atomic mass is 16.3. The molecule has 0 spiro atoms. The molecule has 0 atom stereocenters. The van der Waals surface area contributed by atoms with Crippen molar-refractivity contribution in [2.24, 2.45) is 0 Å². The summed E-state index contributed by atoms with van der Waals surface area (Å²) in [5, 5.41) is 0. The van der Waals surface area contributed by atoms with Crippen LogP contribution in [0.3, 0.4) is 0 Å². The Balaban J connectivity index is 2.49. The van der Waals surface area contributed by atoms with Gasteiger partial charge in [0.2, 0.25) is 0 Å². The monoisotopic (exact) mass is 171 g/mol. The van der Waals surface area contributed by atoms with Crippen molar-refractivity contribution >= 4 is 0 Å². The van der Waals surface area contributed by atoms with Gasteiger partial charge in [-0.05, 0) is 43.2 Å². The van der Waals surface area contributed by atoms with Crippen LogP contribution in [0.4, 0.5) is 0 Å². The van der Waals surface area contributed by atoms with Gasteiger partial charge in [-0.25, -0.2) is 0 Å². The molecule has 2 aromatic rings. The Hall–Kier alpha value is -1.50. The lowest BCUT2D eigenvalue weighted by Crippen LogP contribution is -1.81. The lowest BCUT2D eigenvalue weighted by atomic mass is 10.1. The summed E-state index contributed by atoms with van der Waals surface area (Å²) in [5.41, 5.74) is 3.34. The predicted molar refractivity (Wildman–Crippen MR) is 53.3 cm³/mol. The summed E-state index contributed by atoms with van der Waals surface area (Å²) in [6.45, 7) is 6.00. The molecule has 0 fully saturated rings. The minimum atomic E-state index is 0.893. The molecule has 1 heteroatoms. The third kappa shape index (κ3) is 1.50. The van der Waals surface area contributed by atoms with E-state index < -0.39 is 0 Å². The second-order valence-corrected chi connectivity index (χ2v) is 3.12. The van der Waals surface area contributed by atoms with Gasteiger partial charge in [0.25, 0.3) is 0 Å². The van der Waals surface area contributed by atoms with Gasteiger partial charge in [0.05, 0.1) is 6.26 Å². The summed E-state index contributed by atoms with van der Waals surface area (Å²) < 4.78 is 5.29. The fraction of sp³-hybridized carbons (Fsp3) is 0.0833. The Kier molecular flexibility index (Phi) is 1.93. The van der Waals surface area contributed by atoms with Crippen LogP contribution in [0, 0.1) is 13.8 Å². The third-order valence-electron chi connectivity index (χ3n) is 2.15. The SMILES string of the molecule is [CH2]c1cc(-c2ccco2)ccc1C. The largest absolute Gasteiger partial charge is 0.464 e. The van der Waals surface area contributed by atoms with E-state index in [1.807, 2.05) is 31.2 Å². The molecule has 65 valence electrons. The van der Waals surface area contributed by atoms with E-state index in [9.17, 15) is 0 Å². The topological polar surface area (TPSA) is 13.1 Å². The molecule has 0 aliphatic rings. The van der Waals surface area contributed by atoms with Crippen LogP contribution < -0.4 is 0 Å². The molecule has 0 saturated heterocycles. The molecular formula is C12H11O. The van der Waals surface area contributed by atoms with E-state index in [0.29, 0.717) is 0 Å². The van der Waals surface area contributed by atoms with Crippen LogP contribution in [0.5, 0.6) is 0 Å². The van der Waals surface area contributed by atoms with E-state index in [4.69, 9.17) is 4.42 Å². The van der Waals surface area contributed by atoms with Crippen LogP contribution in [0.2, 0.25) is 0 Å². The molecule has 1 radical (unpaired) electrons. The molecule has 1 aromatic carbocycles. The number of hydrogen-bond acceptors (Lipinski definition) is 1. The van der Waals surface area contributed by atoms with E-state index >= 15 is 0 Å². The first-order chi connectivity index (χ1) is 6.27. The van der Waals surface area contributed by atoms with Gasteiger partial charge in [0.15, 0.2) is 0 Å². The first-order valence-electron chi connectivity index (χ1n) is 4.24. The number of benzene rings is 1. The zero-order valence-corrected chi connectivity index (χ0v) is 7.58. The number of aryl methyl sites for hydroxylation is 1. The molecule has 0 amide bonds. The summed E-state index contributed by atoms with van der Waals surface area (Å²) in [4.78, 5) is 0. The van der Waals surface area contributed by atoms with E-state index in [-0.39, 0.29) is 0 Å². The maximum absolute atomic E-state index is 5.29. The highest BCUT2D eigenvalue weighted by molar-refractivity contribution is 5.59. The summed E-state index contributed by atoms with van der Waals surface area (Å²) in [7, 11) is 0. The maximum Gasteiger partial charge on any atom is 0.133 e. The van der Waals surface area contributed by atoms with Crippen molar-refractivity contribution in [1.29, 1.82) is 0 Å². The average molecular weight is 171 g/mol. The van der Waals surface area contributed by atoms with Crippen molar-refractivity contribution in [3.8, 4) is 11.3 Å². The van der Waals surface area contributed by atoms with E-state index in [1.54, 1.807) is 6.26 Å². The van der Waals surface area contributed by atoms with Crippen molar-refractivity contribution < 1.29 is 4.42 Å². The molecule has 0 N–H and O–H groups in total. The Morgan fingerprint density at radius 1 is 1.23 bits per heavy atom. The second-order valence-electron chi connectivity index (χ2n) is 3.12. The lowest BCUT2D eigenvalue weighted by Gasteiger charge is -2.01. The number of hydrogen-bond donors (Lipinski definition) is 0. The van der Waals surface area contributed by atoms with Crippen molar-refractivity contribution in [2.75, 3.05) is 0 Å². The number of furan rings is 1. The van der Waals surface area contributed by atoms with Crippen molar-refractivity contribution in [1.82, 2.24) is 0 Å². The minimum Gasteiger partial charge on any atom is -0.464 e. The van der Waals surface area contributed by atoms with Gasteiger partial charge < -0.3 is 4.42 Å². The van der Waals surface area contributed by atoms with Crippen LogP contribution in [0.15, 0.2) is 41.0 Å². The van der Waals surface area contributed by atoms with E-state index in [1.165, 1.54) is 5.56 Å². The van der Waals surface area contributed by atoms with Crippen molar-refractivity contribution in [2.45, 2.75) is 6.92 Å². The van der Waals surface area contributed by atoms with Gasteiger partial charge in [0.1, 0.15) is 5.76 Å². The van der Waals surface area contributed by atoms with Crippen LogP contribution in [0.1, 0.15) is 11.1 Å². The summed E-state index contributed by atoms with van der Waals surface area (Å²) in [6, 6.07) is 9.97. The molecule has 0 aliphatic carbocycles. The van der Waals surface area contributed by atoms with E-state index in [0.717, 1.165) is 16.9 Å². The summed E-state index contributed by atoms with van der Waals surface area (Å²) in [5.74, 6) is 0.893. The molecule has 2 rings (SSSR count). The molecule has 0 aliphatic heterocycles. The lowest BCUT2D eigenvalue weighted by molar-refractivity contribution is 0.582. The minimum absolute atomic E-state index is 0.893. The predicted octanol–water partition coefficient (Wildman–Crippen LogP) is 3.44. The fourth-order valence-electron chi connectivity index (χ4n) is 1.27. The molecule has 13 heavy (non-hydrogen) atoms. The number of rotatable bonds is 1. The molecule has 0 unspecified atom stereocenters. The maximum atomic E-state index is 5.29. The standard InChI is InChI=1S/C12H11O/c1-9-5-6-11(8-10(9)2)12-4-3-7-13-12/h3-8H,2H2,1H3. The van der Waals surface area contributed by atoms with Gasteiger partial charge >= 0.3 is 0 Å². The summed E-state index contributed by atoms with van der Waals surface area (Å²) in [6.07, 6.45) is 1.68. The van der Waals surface area contributed by atoms with E-state index in [2.05, 4.69) is 13.0 Å². The van der Waals surface area contributed by atoms with Crippen LogP contribution in [0.25, 0.3) is 11.3 Å². The average Bonchev–Trinajstić information content (AvgIpc) is 2.62. The highest BCUT2D eigenvalue weighted by Gasteiger charge is 2.00. The molecule has 0 saturated carbocycles. The van der Waals surface area contributed by atoms with Crippen molar-refractivity contribution in [3.63, 3.8) is 0 Å². The van der Waals surface area contributed by atoms with Gasteiger partial charge in [-0.15, -0.1) is 0 Å². The van der Waals surface area contributed by atoms with Gasteiger partial charge in [-0.3, -0.25) is 0 Å². The Morgan fingerprint density at radius 2 is 2.08 bits per heavy atom. The van der Waals surface area contributed by atoms with Crippen LogP contribution >= 0.6 is 0 Å². The molecule has 1 aromatic heterocycles. The molecule has 0 bridgehead atoms.